The van der Waals surface area contributed by atoms with Gasteiger partial charge in [0.2, 0.25) is 11.6 Å². The Morgan fingerprint density at radius 3 is 2.40 bits per heavy atom. The monoisotopic (exact) mass is 511 g/mol. The fourth-order valence-corrected chi connectivity index (χ4v) is 4.82. The van der Waals surface area contributed by atoms with Gasteiger partial charge in [-0.3, -0.25) is 9.59 Å². The first-order valence-electron chi connectivity index (χ1n) is 10.5. The van der Waals surface area contributed by atoms with Crippen molar-refractivity contribution < 1.29 is 28.7 Å². The number of ketones is 2. The predicted octanol–water partition coefficient (Wildman–Crippen LogP) is 4.05. The van der Waals surface area contributed by atoms with E-state index in [1.165, 1.54) is 7.11 Å². The second-order valence-corrected chi connectivity index (χ2v) is 9.43. The molecule has 0 radical (unpaired) electrons. The number of rotatable bonds is 8. The molecule has 0 saturated heterocycles. The lowest BCUT2D eigenvalue weighted by atomic mass is 9.91. The lowest BCUT2D eigenvalue weighted by Gasteiger charge is -2.16. The highest BCUT2D eigenvalue weighted by atomic mass is 32.2. The number of fused-ring (bicyclic) bond motifs is 2. The minimum Gasteiger partial charge on any atom is -0.453 e. The molecule has 1 aromatic heterocycles. The van der Waals surface area contributed by atoms with Crippen LogP contribution in [0.5, 0.6) is 5.75 Å². The van der Waals surface area contributed by atoms with Crippen LogP contribution in [0.1, 0.15) is 37.7 Å². The molecular weight excluding hydrogens is 490 g/mol. The van der Waals surface area contributed by atoms with Crippen LogP contribution in [0, 0.1) is 0 Å². The summed E-state index contributed by atoms with van der Waals surface area (Å²) in [5.41, 5.74) is 1.50. The molecule has 0 saturated carbocycles. The molecule has 4 rings (SSSR count). The van der Waals surface area contributed by atoms with E-state index in [0.29, 0.717) is 44.7 Å². The Bertz CT molecular complexity index is 1240. The van der Waals surface area contributed by atoms with E-state index in [2.05, 4.69) is 20.4 Å². The van der Waals surface area contributed by atoms with Crippen LogP contribution in [0.25, 0.3) is 0 Å². The normalized spacial score (nSPS) is 12.9. The Morgan fingerprint density at radius 2 is 1.74 bits per heavy atom. The summed E-state index contributed by atoms with van der Waals surface area (Å²) in [7, 11) is 1.22. The summed E-state index contributed by atoms with van der Waals surface area (Å²) in [4.78, 5) is 54.2. The number of nitrogens with one attached hydrogen (secondary N) is 2. The third kappa shape index (κ3) is 5.36. The summed E-state index contributed by atoms with van der Waals surface area (Å²) in [6.07, 6.45) is 1.58. The number of amides is 1. The average Bonchev–Trinajstić information content (AvgIpc) is 3.30. The van der Waals surface area contributed by atoms with E-state index in [9.17, 15) is 19.2 Å². The molecule has 0 spiro atoms. The topological polar surface area (TPSA) is 124 Å². The molecule has 180 valence electrons. The van der Waals surface area contributed by atoms with Crippen LogP contribution in [0.15, 0.2) is 48.5 Å². The molecular formula is C24H21N3O6S2. The number of carbonyl (C=O) groups is 4. The fraction of sp³-hybridized carbons (Fsp3) is 0.208. The number of anilines is 2. The fourth-order valence-electron chi connectivity index (χ4n) is 3.41. The van der Waals surface area contributed by atoms with E-state index in [1.807, 2.05) is 6.26 Å². The zero-order valence-corrected chi connectivity index (χ0v) is 20.5. The van der Waals surface area contributed by atoms with Crippen LogP contribution in [0.2, 0.25) is 0 Å². The van der Waals surface area contributed by atoms with Crippen LogP contribution in [-0.2, 0) is 9.53 Å². The van der Waals surface area contributed by atoms with Gasteiger partial charge in [-0.25, -0.2) is 14.6 Å². The van der Waals surface area contributed by atoms with Crippen molar-refractivity contribution in [2.24, 2.45) is 0 Å². The number of ether oxygens (including phenoxy) is 2. The van der Waals surface area contributed by atoms with Gasteiger partial charge in [-0.05, 0) is 42.7 Å². The predicted molar refractivity (Wildman–Crippen MR) is 133 cm³/mol. The number of aromatic nitrogens is 1. The van der Waals surface area contributed by atoms with E-state index in [0.717, 1.165) is 11.3 Å². The van der Waals surface area contributed by atoms with Crippen LogP contribution in [0.3, 0.4) is 0 Å². The molecule has 11 heteroatoms. The van der Waals surface area contributed by atoms with E-state index < -0.39 is 18.1 Å². The van der Waals surface area contributed by atoms with Crippen molar-refractivity contribution in [2.75, 3.05) is 24.4 Å². The number of hydrogen-bond acceptors (Lipinski definition) is 10. The number of esters is 1. The zero-order valence-electron chi connectivity index (χ0n) is 18.8. The Labute approximate surface area is 209 Å². The molecule has 0 bridgehead atoms. The molecule has 9 nitrogen and oxygen atoms in total. The molecule has 1 aliphatic carbocycles. The van der Waals surface area contributed by atoms with Gasteiger partial charge in [-0.15, -0.1) is 0 Å². The molecule has 2 N–H and O–H groups in total. The maximum Gasteiger partial charge on any atom is 0.407 e. The summed E-state index contributed by atoms with van der Waals surface area (Å²) in [5.74, 6) is -0.159. The summed E-state index contributed by atoms with van der Waals surface area (Å²) in [6.45, 7) is 0. The zero-order chi connectivity index (χ0) is 24.9. The van der Waals surface area contributed by atoms with Crippen molar-refractivity contribution in [3.05, 3.63) is 70.2 Å². The van der Waals surface area contributed by atoms with Gasteiger partial charge in [0.05, 0.1) is 7.11 Å². The van der Waals surface area contributed by atoms with Crippen LogP contribution in [0.4, 0.5) is 15.6 Å². The number of carbonyl (C=O) groups excluding carboxylic acids is 4. The Balaban J connectivity index is 1.44. The van der Waals surface area contributed by atoms with Gasteiger partial charge < -0.3 is 20.1 Å². The number of nitrogens with zero attached hydrogens (tertiary/aromatic N) is 1. The van der Waals surface area contributed by atoms with Gasteiger partial charge >= 0.3 is 12.1 Å². The van der Waals surface area contributed by atoms with Crippen molar-refractivity contribution in [1.29, 1.82) is 0 Å². The first-order valence-corrected chi connectivity index (χ1v) is 12.7. The maximum absolute atomic E-state index is 12.8. The Morgan fingerprint density at radius 1 is 1.06 bits per heavy atom. The van der Waals surface area contributed by atoms with Crippen molar-refractivity contribution in [2.45, 2.75) is 12.5 Å². The van der Waals surface area contributed by atoms with Gasteiger partial charge in [0.25, 0.3) is 0 Å². The molecule has 0 unspecified atom stereocenters. The van der Waals surface area contributed by atoms with Crippen LogP contribution >= 0.6 is 23.1 Å². The first kappa shape index (κ1) is 24.4. The third-order valence-corrected chi connectivity index (χ3v) is 6.77. The maximum atomic E-state index is 12.8. The number of methoxy groups -OCH3 is 1. The molecule has 1 heterocycles. The molecule has 1 aliphatic rings. The van der Waals surface area contributed by atoms with Crippen molar-refractivity contribution in [3.8, 4) is 5.75 Å². The van der Waals surface area contributed by atoms with Crippen molar-refractivity contribution in [3.63, 3.8) is 0 Å². The lowest BCUT2D eigenvalue weighted by Crippen LogP contribution is -2.43. The SMILES string of the molecule is COC(=O)N[C@H](CCSC)C(=O)Oc1ccc(Nc2nc3c(s2)C(=O)c2ccccc2C3=O)cc1. The van der Waals surface area contributed by atoms with Gasteiger partial charge in [0.1, 0.15) is 22.4 Å². The Kier molecular flexibility index (Phi) is 7.47. The minimum atomic E-state index is -0.839. The highest BCUT2D eigenvalue weighted by Gasteiger charge is 2.33. The van der Waals surface area contributed by atoms with Gasteiger partial charge in [0, 0.05) is 16.8 Å². The summed E-state index contributed by atoms with van der Waals surface area (Å²) in [6, 6.07) is 12.4. The quantitative estimate of drug-likeness (QED) is 0.266. The summed E-state index contributed by atoms with van der Waals surface area (Å²) >= 11 is 2.65. The van der Waals surface area contributed by atoms with Crippen LogP contribution < -0.4 is 15.4 Å². The molecule has 0 fully saturated rings. The smallest absolute Gasteiger partial charge is 0.407 e. The van der Waals surface area contributed by atoms with Crippen LogP contribution in [-0.4, -0.2) is 53.8 Å². The number of alkyl carbamates (subject to hydrolysis) is 1. The Hall–Kier alpha value is -3.70. The number of benzene rings is 2. The van der Waals surface area contributed by atoms with Gasteiger partial charge in [-0.1, -0.05) is 35.6 Å². The highest BCUT2D eigenvalue weighted by molar-refractivity contribution is 7.98. The van der Waals surface area contributed by atoms with E-state index in [4.69, 9.17) is 4.74 Å². The molecule has 3 aromatic rings. The summed E-state index contributed by atoms with van der Waals surface area (Å²) in [5, 5.41) is 5.96. The van der Waals surface area contributed by atoms with E-state index in [1.54, 1.807) is 60.3 Å². The molecule has 2 aromatic carbocycles. The largest absolute Gasteiger partial charge is 0.453 e. The third-order valence-electron chi connectivity index (χ3n) is 5.16. The highest BCUT2D eigenvalue weighted by Crippen LogP contribution is 2.34. The van der Waals surface area contributed by atoms with E-state index >= 15 is 0 Å². The van der Waals surface area contributed by atoms with Gasteiger partial charge in [-0.2, -0.15) is 11.8 Å². The summed E-state index contributed by atoms with van der Waals surface area (Å²) < 4.78 is 9.98. The number of hydrogen-bond donors (Lipinski definition) is 2. The molecule has 0 aliphatic heterocycles. The van der Waals surface area contributed by atoms with Crippen molar-refractivity contribution in [1.82, 2.24) is 10.3 Å². The number of thioether (sulfide) groups is 1. The second-order valence-electron chi connectivity index (χ2n) is 7.44. The first-order chi connectivity index (χ1) is 16.9. The second kappa shape index (κ2) is 10.7. The molecule has 35 heavy (non-hydrogen) atoms. The minimum absolute atomic E-state index is 0.140. The number of thiazole rings is 1. The van der Waals surface area contributed by atoms with Gasteiger partial charge in [0.15, 0.2) is 5.13 Å². The molecule has 1 amide bonds. The van der Waals surface area contributed by atoms with E-state index in [-0.39, 0.29) is 17.3 Å². The lowest BCUT2D eigenvalue weighted by molar-refractivity contribution is -0.136. The average molecular weight is 512 g/mol. The van der Waals surface area contributed by atoms with Crippen molar-refractivity contribution >= 4 is 57.5 Å². The molecule has 1 atom stereocenters. The standard InChI is InChI=1S/C24H21N3O6S2/c1-32-24(31)26-17(11-12-34-2)22(30)33-14-9-7-13(8-10-14)25-23-27-18-19(28)15-5-3-4-6-16(15)20(29)21(18)35-23/h3-10,17H,11-12H2,1-2H3,(H,25,27)(H,26,31)/t17-/m1/s1.